The highest BCUT2D eigenvalue weighted by Gasteiger charge is 2.26. The Balaban J connectivity index is 1.67. The van der Waals surface area contributed by atoms with Crippen LogP contribution in [0.25, 0.3) is 0 Å². The summed E-state index contributed by atoms with van der Waals surface area (Å²) in [7, 11) is 1.75. The monoisotopic (exact) mass is 336 g/mol. The van der Waals surface area contributed by atoms with Crippen molar-refractivity contribution in [3.05, 3.63) is 55.6 Å². The van der Waals surface area contributed by atoms with Crippen molar-refractivity contribution in [2.45, 2.75) is 18.8 Å². The molecule has 0 radical (unpaired) electrons. The molecule has 3 heterocycles. The summed E-state index contributed by atoms with van der Waals surface area (Å²) in [6.07, 6.45) is 3.56. The van der Waals surface area contributed by atoms with Crippen LogP contribution in [0.5, 0.6) is 0 Å². The molecule has 4 nitrogen and oxygen atoms in total. The maximum absolute atomic E-state index is 12.4. The van der Waals surface area contributed by atoms with Crippen LogP contribution in [0.15, 0.2) is 34.6 Å². The van der Waals surface area contributed by atoms with Crippen molar-refractivity contribution < 1.29 is 4.79 Å². The molecule has 1 aliphatic heterocycles. The van der Waals surface area contributed by atoms with Crippen molar-refractivity contribution in [1.82, 2.24) is 9.47 Å². The fourth-order valence-electron chi connectivity index (χ4n) is 2.82. The lowest BCUT2D eigenvalue weighted by atomic mass is 9.90. The number of carbonyl (C=O) groups is 1. The minimum Gasteiger partial charge on any atom is -0.338 e. The van der Waals surface area contributed by atoms with Crippen molar-refractivity contribution in [3.63, 3.8) is 0 Å². The molecule has 1 fully saturated rings. The molecule has 1 amide bonds. The zero-order chi connectivity index (χ0) is 15.7. The zero-order valence-electron chi connectivity index (χ0n) is 12.3. The molecule has 2 aromatic rings. The van der Waals surface area contributed by atoms with Gasteiger partial charge in [0.1, 0.15) is 4.88 Å². The van der Waals surface area contributed by atoms with Gasteiger partial charge in [0.15, 0.2) is 0 Å². The number of piperidine rings is 1. The second kappa shape index (κ2) is 6.26. The molecule has 0 aliphatic carbocycles. The molecule has 0 unspecified atom stereocenters. The van der Waals surface area contributed by atoms with Gasteiger partial charge in [-0.1, -0.05) is 11.6 Å². The van der Waals surface area contributed by atoms with Gasteiger partial charge < -0.3 is 9.47 Å². The van der Waals surface area contributed by atoms with Crippen LogP contribution >= 0.6 is 22.9 Å². The molecule has 0 N–H and O–H groups in total. The maximum atomic E-state index is 12.4. The molecule has 22 heavy (non-hydrogen) atoms. The normalized spacial score (nSPS) is 16.0. The van der Waals surface area contributed by atoms with Crippen molar-refractivity contribution in [3.8, 4) is 0 Å². The van der Waals surface area contributed by atoms with Gasteiger partial charge in [-0.2, -0.15) is 0 Å². The van der Waals surface area contributed by atoms with E-state index in [1.54, 1.807) is 29.9 Å². The van der Waals surface area contributed by atoms with Gasteiger partial charge >= 0.3 is 0 Å². The standard InChI is InChI=1S/C16H17ClN2O2S/c1-18-6-2-12(10-14(18)20)11-3-7-19(8-4-11)16(21)15-13(17)5-9-22-15/h2,5-6,9-11H,3-4,7-8H2,1H3. The number of pyridine rings is 1. The third-order valence-electron chi connectivity index (χ3n) is 4.19. The van der Waals surface area contributed by atoms with E-state index in [4.69, 9.17) is 11.6 Å². The quantitative estimate of drug-likeness (QED) is 0.845. The topological polar surface area (TPSA) is 42.3 Å². The third kappa shape index (κ3) is 2.96. The molecule has 2 aromatic heterocycles. The van der Waals surface area contributed by atoms with Gasteiger partial charge in [-0.05, 0) is 41.8 Å². The van der Waals surface area contributed by atoms with Gasteiger partial charge in [-0.3, -0.25) is 9.59 Å². The summed E-state index contributed by atoms with van der Waals surface area (Å²) in [6, 6.07) is 5.46. The molecule has 6 heteroatoms. The molecule has 1 saturated heterocycles. The van der Waals surface area contributed by atoms with Crippen LogP contribution in [0.4, 0.5) is 0 Å². The van der Waals surface area contributed by atoms with Gasteiger partial charge in [0, 0.05) is 32.4 Å². The molecular weight excluding hydrogens is 320 g/mol. The first-order chi connectivity index (χ1) is 10.6. The number of halogens is 1. The number of hydrogen-bond acceptors (Lipinski definition) is 3. The second-order valence-corrected chi connectivity index (χ2v) is 6.90. The molecule has 0 bridgehead atoms. The predicted octanol–water partition coefficient (Wildman–Crippen LogP) is 3.12. The number of carbonyl (C=O) groups excluding carboxylic acids is 1. The highest BCUT2D eigenvalue weighted by Crippen LogP contribution is 2.30. The highest BCUT2D eigenvalue weighted by molar-refractivity contribution is 7.12. The Bertz CT molecular complexity index is 745. The number of rotatable bonds is 2. The van der Waals surface area contributed by atoms with Crippen LogP contribution in [0, 0.1) is 0 Å². The Hall–Kier alpha value is -1.59. The Morgan fingerprint density at radius 3 is 2.64 bits per heavy atom. The Morgan fingerprint density at radius 2 is 2.05 bits per heavy atom. The van der Waals surface area contributed by atoms with Gasteiger partial charge in [0.2, 0.25) is 0 Å². The Kier molecular flexibility index (Phi) is 4.36. The van der Waals surface area contributed by atoms with E-state index >= 15 is 0 Å². The predicted molar refractivity (Wildman–Crippen MR) is 88.9 cm³/mol. The molecule has 116 valence electrons. The minimum atomic E-state index is 0.0152. The second-order valence-electron chi connectivity index (χ2n) is 5.57. The lowest BCUT2D eigenvalue weighted by Gasteiger charge is -2.32. The van der Waals surface area contributed by atoms with Gasteiger partial charge in [0.25, 0.3) is 11.5 Å². The number of nitrogens with zero attached hydrogens (tertiary/aromatic N) is 2. The summed E-state index contributed by atoms with van der Waals surface area (Å²) < 4.78 is 1.57. The van der Waals surface area contributed by atoms with Gasteiger partial charge in [-0.15, -0.1) is 11.3 Å². The molecule has 0 saturated carbocycles. The first-order valence-electron chi connectivity index (χ1n) is 7.25. The van der Waals surface area contributed by atoms with Crippen LogP contribution < -0.4 is 5.56 Å². The van der Waals surface area contributed by atoms with Crippen LogP contribution in [0.1, 0.15) is 34.0 Å². The number of amides is 1. The van der Waals surface area contributed by atoms with E-state index in [2.05, 4.69) is 0 Å². The van der Waals surface area contributed by atoms with Crippen LogP contribution in [0.3, 0.4) is 0 Å². The SMILES string of the molecule is Cn1ccc(C2CCN(C(=O)c3sccc3Cl)CC2)cc1=O. The average molecular weight is 337 g/mol. The summed E-state index contributed by atoms with van der Waals surface area (Å²) in [4.78, 5) is 26.6. The fraction of sp³-hybridized carbons (Fsp3) is 0.375. The lowest BCUT2D eigenvalue weighted by Crippen LogP contribution is -2.37. The minimum absolute atomic E-state index is 0.0152. The molecule has 1 aliphatic rings. The van der Waals surface area contributed by atoms with Gasteiger partial charge in [-0.25, -0.2) is 0 Å². The first kappa shape index (κ1) is 15.3. The van der Waals surface area contributed by atoms with E-state index in [0.717, 1.165) is 18.4 Å². The summed E-state index contributed by atoms with van der Waals surface area (Å²) >= 11 is 7.42. The molecular formula is C16H17ClN2O2S. The van der Waals surface area contributed by atoms with E-state index in [1.165, 1.54) is 11.3 Å². The number of hydrogen-bond donors (Lipinski definition) is 0. The van der Waals surface area contributed by atoms with Crippen molar-refractivity contribution in [2.75, 3.05) is 13.1 Å². The number of likely N-dealkylation sites (tertiary alicyclic amines) is 1. The van der Waals surface area contributed by atoms with E-state index in [-0.39, 0.29) is 11.5 Å². The summed E-state index contributed by atoms with van der Waals surface area (Å²) in [5.74, 6) is 0.360. The molecule has 3 rings (SSSR count). The van der Waals surface area contributed by atoms with E-state index in [0.29, 0.717) is 28.9 Å². The summed E-state index contributed by atoms with van der Waals surface area (Å²) in [5, 5.41) is 2.37. The van der Waals surface area contributed by atoms with Crippen LogP contribution in [-0.2, 0) is 7.05 Å². The fourth-order valence-corrected chi connectivity index (χ4v) is 3.93. The average Bonchev–Trinajstić information content (AvgIpc) is 2.95. The zero-order valence-corrected chi connectivity index (χ0v) is 13.9. The van der Waals surface area contributed by atoms with E-state index < -0.39 is 0 Å². The van der Waals surface area contributed by atoms with Crippen molar-refractivity contribution in [2.24, 2.45) is 7.05 Å². The number of aromatic nitrogens is 1. The van der Waals surface area contributed by atoms with Crippen molar-refractivity contribution in [1.29, 1.82) is 0 Å². The maximum Gasteiger partial charge on any atom is 0.265 e. The highest BCUT2D eigenvalue weighted by atomic mass is 35.5. The van der Waals surface area contributed by atoms with E-state index in [9.17, 15) is 9.59 Å². The smallest absolute Gasteiger partial charge is 0.265 e. The van der Waals surface area contributed by atoms with Crippen molar-refractivity contribution >= 4 is 28.8 Å². The molecule has 0 spiro atoms. The first-order valence-corrected chi connectivity index (χ1v) is 8.51. The Morgan fingerprint density at radius 1 is 1.32 bits per heavy atom. The van der Waals surface area contributed by atoms with Gasteiger partial charge in [0.05, 0.1) is 5.02 Å². The van der Waals surface area contributed by atoms with Crippen LogP contribution in [0.2, 0.25) is 5.02 Å². The number of aryl methyl sites for hydroxylation is 1. The van der Waals surface area contributed by atoms with E-state index in [1.807, 2.05) is 16.3 Å². The molecule has 0 atom stereocenters. The largest absolute Gasteiger partial charge is 0.338 e. The third-order valence-corrected chi connectivity index (χ3v) is 5.52. The summed E-state index contributed by atoms with van der Waals surface area (Å²) in [5.41, 5.74) is 1.09. The van der Waals surface area contributed by atoms with Crippen LogP contribution in [-0.4, -0.2) is 28.5 Å². The Labute approximate surface area is 137 Å². The molecule has 0 aromatic carbocycles. The lowest BCUT2D eigenvalue weighted by molar-refractivity contribution is 0.0718. The number of thiophene rings is 1. The summed E-state index contributed by atoms with van der Waals surface area (Å²) in [6.45, 7) is 1.40.